The average Bonchev–Trinajstić information content (AvgIpc) is 3.46. The summed E-state index contributed by atoms with van der Waals surface area (Å²) in [6, 6.07) is 20.4. The third kappa shape index (κ3) is 7.20. The fourth-order valence-corrected chi connectivity index (χ4v) is 7.27. The highest BCUT2D eigenvalue weighted by molar-refractivity contribution is 5.84. The van der Waals surface area contributed by atoms with Gasteiger partial charge in [-0.05, 0) is 104 Å². The van der Waals surface area contributed by atoms with E-state index in [1.807, 2.05) is 53.4 Å². The van der Waals surface area contributed by atoms with Crippen molar-refractivity contribution in [1.29, 1.82) is 0 Å². The quantitative estimate of drug-likeness (QED) is 0.196. The molecule has 12 heteroatoms. The van der Waals surface area contributed by atoms with Gasteiger partial charge in [-0.2, -0.15) is 9.97 Å². The highest BCUT2D eigenvalue weighted by Gasteiger charge is 2.37. The maximum Gasteiger partial charge on any atom is 0.328 e. The lowest BCUT2D eigenvalue weighted by Crippen LogP contribution is -2.51. The van der Waals surface area contributed by atoms with Crippen LogP contribution in [-0.4, -0.2) is 68.4 Å². The van der Waals surface area contributed by atoms with E-state index in [0.717, 1.165) is 65.9 Å². The Morgan fingerprint density at radius 3 is 2.19 bits per heavy atom. The molecule has 2 aromatic heterocycles. The van der Waals surface area contributed by atoms with Crippen molar-refractivity contribution in [3.63, 3.8) is 0 Å². The van der Waals surface area contributed by atoms with E-state index in [1.165, 1.54) is 11.1 Å². The molecule has 272 valence electrons. The van der Waals surface area contributed by atoms with Gasteiger partial charge in [-0.3, -0.25) is 14.3 Å². The Kier molecular flexibility index (Phi) is 9.92. The van der Waals surface area contributed by atoms with Gasteiger partial charge in [0.25, 0.3) is 0 Å². The zero-order valence-corrected chi connectivity index (χ0v) is 30.3. The molecule has 0 amide bonds. The van der Waals surface area contributed by atoms with Gasteiger partial charge < -0.3 is 29.2 Å². The summed E-state index contributed by atoms with van der Waals surface area (Å²) in [6.07, 6.45) is 4.49. The number of aromatic nitrogens is 4. The number of methoxy groups -OCH3 is 2. The number of hydrogen-bond acceptors (Lipinski definition) is 9. The number of anilines is 1. The lowest BCUT2D eigenvalue weighted by molar-refractivity contribution is -0.150. The van der Waals surface area contributed by atoms with Crippen LogP contribution < -0.4 is 24.8 Å². The Morgan fingerprint density at radius 1 is 0.904 bits per heavy atom. The second-order valence-corrected chi connectivity index (χ2v) is 14.2. The summed E-state index contributed by atoms with van der Waals surface area (Å²) >= 11 is 0. The van der Waals surface area contributed by atoms with Crippen LogP contribution >= 0.6 is 0 Å². The number of H-pyrrole nitrogens is 1. The molecule has 0 saturated heterocycles. The lowest BCUT2D eigenvalue weighted by atomic mass is 9.87. The van der Waals surface area contributed by atoms with Gasteiger partial charge in [0.05, 0.1) is 27.4 Å². The van der Waals surface area contributed by atoms with E-state index in [0.29, 0.717) is 49.8 Å². The van der Waals surface area contributed by atoms with Crippen LogP contribution in [0.15, 0.2) is 65.5 Å². The molecule has 0 aliphatic carbocycles. The van der Waals surface area contributed by atoms with E-state index in [9.17, 15) is 14.7 Å². The third-order valence-electron chi connectivity index (χ3n) is 10.4. The first-order valence-electron chi connectivity index (χ1n) is 17.9. The van der Waals surface area contributed by atoms with Crippen LogP contribution in [0.2, 0.25) is 0 Å². The minimum Gasteiger partial charge on any atom is -0.497 e. The molecular weight excluding hydrogens is 660 g/mol. The zero-order chi connectivity index (χ0) is 36.4. The lowest BCUT2D eigenvalue weighted by Gasteiger charge is -2.39. The number of aliphatic carboxylic acids is 1. The molecule has 4 heterocycles. The van der Waals surface area contributed by atoms with Crippen molar-refractivity contribution in [3.8, 4) is 17.5 Å². The number of nitrogens with one attached hydrogen (secondary N) is 1. The van der Waals surface area contributed by atoms with Crippen LogP contribution in [-0.2, 0) is 43.8 Å². The number of fused-ring (bicyclic) bond motifs is 5. The number of benzene rings is 3. The summed E-state index contributed by atoms with van der Waals surface area (Å²) in [6.45, 7) is 6.46. The molecule has 0 saturated carbocycles. The molecule has 5 aromatic rings. The number of carboxylic acid groups (broad SMARTS) is 1. The fourth-order valence-electron chi connectivity index (χ4n) is 7.27. The second kappa shape index (κ2) is 14.7. The highest BCUT2D eigenvalue weighted by atomic mass is 16.5. The van der Waals surface area contributed by atoms with Gasteiger partial charge in [0, 0.05) is 26.2 Å². The van der Waals surface area contributed by atoms with Crippen LogP contribution in [0, 0.1) is 0 Å². The highest BCUT2D eigenvalue weighted by Crippen LogP contribution is 2.32. The van der Waals surface area contributed by atoms with Crippen molar-refractivity contribution < 1.29 is 24.1 Å². The number of imidazole rings is 1. The maximum atomic E-state index is 13.9. The summed E-state index contributed by atoms with van der Waals surface area (Å²) in [5.41, 5.74) is 6.44. The smallest absolute Gasteiger partial charge is 0.328 e. The average molecular weight is 707 g/mol. The van der Waals surface area contributed by atoms with E-state index >= 15 is 0 Å². The number of aromatic amines is 1. The molecule has 4 bridgehead atoms. The van der Waals surface area contributed by atoms with Crippen molar-refractivity contribution in [3.05, 3.63) is 105 Å². The van der Waals surface area contributed by atoms with Crippen LogP contribution in [0.3, 0.4) is 0 Å². The van der Waals surface area contributed by atoms with Crippen molar-refractivity contribution >= 4 is 23.0 Å². The Hall–Kier alpha value is -5.36. The first-order valence-corrected chi connectivity index (χ1v) is 17.9. The molecule has 0 unspecified atom stereocenters. The molecule has 12 nitrogen and oxygen atoms in total. The molecule has 52 heavy (non-hydrogen) atoms. The maximum absolute atomic E-state index is 13.9. The fraction of sp³-hybridized carbons (Fsp3) is 0.400. The summed E-state index contributed by atoms with van der Waals surface area (Å²) in [7, 11) is 3.29. The molecule has 0 atom stereocenters. The number of carboxylic acids is 1. The minimum absolute atomic E-state index is 0.222. The molecule has 0 fully saturated rings. The number of hydrogen-bond donors (Lipinski definition) is 2. The van der Waals surface area contributed by atoms with E-state index in [-0.39, 0.29) is 18.2 Å². The molecule has 3 aromatic carbocycles. The largest absolute Gasteiger partial charge is 0.497 e. The molecule has 0 spiro atoms. The number of aryl methyl sites for hydroxylation is 1. The SMILES string of the molecule is COc1ccc(CN(Cc2ccc(OC)cc2)c2nc3nc4c2[nH]c(=O)n4Cc2cc(c4c(c2)CN(C(C)(C)C(=O)O)CC4)CCCCCO3)cc1. The molecule has 2 N–H and O–H groups in total. The predicted octanol–water partition coefficient (Wildman–Crippen LogP) is 5.72. The van der Waals surface area contributed by atoms with Crippen molar-refractivity contribution in [1.82, 2.24) is 24.4 Å². The van der Waals surface area contributed by atoms with Crippen LogP contribution in [0.5, 0.6) is 17.5 Å². The standard InChI is InChI=1S/C40H46N6O6/c1-40(2,37(47)48)45-18-17-33-29-8-6-5-7-19-52-38-42-35(34-36(43-38)46(39(49)41-34)24-28(20-29)21-30(33)25-45)44(22-26-9-13-31(50-3)14-10-26)23-27-11-15-32(51-4)16-12-27/h9-16,20-21H,5-8,17-19,22-25H2,1-4H3,(H,41,49)(H,47,48). The van der Waals surface area contributed by atoms with Crippen molar-refractivity contribution in [2.75, 3.05) is 32.3 Å². The van der Waals surface area contributed by atoms with E-state index < -0.39 is 11.5 Å². The first-order chi connectivity index (χ1) is 25.1. The van der Waals surface area contributed by atoms with Crippen molar-refractivity contribution in [2.45, 2.75) is 77.7 Å². The minimum atomic E-state index is -0.994. The normalized spacial score (nSPS) is 15.1. The number of rotatable bonds is 9. The van der Waals surface area contributed by atoms with E-state index in [1.54, 1.807) is 32.6 Å². The van der Waals surface area contributed by atoms with Gasteiger partial charge >= 0.3 is 17.7 Å². The Balaban J connectivity index is 1.32. The zero-order valence-electron chi connectivity index (χ0n) is 30.3. The second-order valence-electron chi connectivity index (χ2n) is 14.2. The Labute approximate surface area is 303 Å². The summed E-state index contributed by atoms with van der Waals surface area (Å²) in [5.74, 6) is 1.26. The van der Waals surface area contributed by atoms with Gasteiger partial charge in [-0.15, -0.1) is 0 Å². The van der Waals surface area contributed by atoms with Gasteiger partial charge in [0.1, 0.15) is 22.6 Å². The van der Waals surface area contributed by atoms with Crippen LogP contribution in [0.4, 0.5) is 5.82 Å². The summed E-state index contributed by atoms with van der Waals surface area (Å²) < 4.78 is 18.7. The van der Waals surface area contributed by atoms with Crippen LogP contribution in [0.1, 0.15) is 66.5 Å². The van der Waals surface area contributed by atoms with E-state index in [4.69, 9.17) is 24.2 Å². The molecule has 7 rings (SSSR count). The molecular formula is C40H46N6O6. The third-order valence-corrected chi connectivity index (χ3v) is 10.4. The van der Waals surface area contributed by atoms with Crippen LogP contribution in [0.25, 0.3) is 11.2 Å². The van der Waals surface area contributed by atoms with Crippen molar-refractivity contribution in [2.24, 2.45) is 0 Å². The van der Waals surface area contributed by atoms with Gasteiger partial charge in [0.2, 0.25) is 0 Å². The Bertz CT molecular complexity index is 2070. The van der Waals surface area contributed by atoms with E-state index in [2.05, 4.69) is 22.0 Å². The summed E-state index contributed by atoms with van der Waals surface area (Å²) in [4.78, 5) is 43.1. The Morgan fingerprint density at radius 2 is 1.56 bits per heavy atom. The number of carbonyl (C=O) groups is 1. The topological polar surface area (TPSA) is 135 Å². The predicted molar refractivity (Wildman–Crippen MR) is 198 cm³/mol. The van der Waals surface area contributed by atoms with Gasteiger partial charge in [-0.1, -0.05) is 36.4 Å². The first kappa shape index (κ1) is 35.1. The number of ether oxygens (including phenoxy) is 3. The van der Waals surface area contributed by atoms with Gasteiger partial charge in [0.15, 0.2) is 11.5 Å². The molecule has 2 aliphatic heterocycles. The van der Waals surface area contributed by atoms with Gasteiger partial charge in [-0.25, -0.2) is 4.79 Å². The number of nitrogens with zero attached hydrogens (tertiary/aromatic N) is 5. The molecule has 0 radical (unpaired) electrons. The monoisotopic (exact) mass is 706 g/mol. The molecule has 2 aliphatic rings. The summed E-state index contributed by atoms with van der Waals surface area (Å²) in [5, 5.41) is 9.97.